The maximum Gasteiger partial charge on any atom is 0.264 e. The van der Waals surface area contributed by atoms with Crippen LogP contribution >= 0.6 is 11.3 Å². The highest BCUT2D eigenvalue weighted by molar-refractivity contribution is 7.12. The molecule has 2 amide bonds. The fourth-order valence-electron chi connectivity index (χ4n) is 1.84. The molecule has 5 nitrogen and oxygen atoms in total. The molecule has 1 aromatic rings. The Labute approximate surface area is 104 Å². The van der Waals surface area contributed by atoms with Crippen LogP contribution in [0.25, 0.3) is 0 Å². The van der Waals surface area contributed by atoms with Crippen molar-refractivity contribution in [3.63, 3.8) is 0 Å². The van der Waals surface area contributed by atoms with E-state index in [1.54, 1.807) is 9.80 Å². The van der Waals surface area contributed by atoms with Crippen molar-refractivity contribution in [1.82, 2.24) is 9.80 Å². The second kappa shape index (κ2) is 5.29. The molecular weight excluding hydrogens is 238 g/mol. The maximum atomic E-state index is 12.0. The van der Waals surface area contributed by atoms with Crippen LogP contribution in [0.4, 0.5) is 0 Å². The molecule has 0 aliphatic carbocycles. The molecule has 1 saturated heterocycles. The average molecular weight is 253 g/mol. The standard InChI is InChI=1S/C11H15N3O2S/c12-8-10(15)13-3-5-14(6-4-13)11(16)9-2-1-7-17-9/h1-2,7H,3-6,8,12H2. The Hall–Kier alpha value is -1.40. The number of carbonyl (C=O) groups is 2. The van der Waals surface area contributed by atoms with Crippen LogP contribution in [-0.2, 0) is 4.79 Å². The summed E-state index contributed by atoms with van der Waals surface area (Å²) in [6.07, 6.45) is 0. The minimum absolute atomic E-state index is 0.0405. The molecule has 1 aliphatic heterocycles. The molecule has 0 spiro atoms. The smallest absolute Gasteiger partial charge is 0.264 e. The Morgan fingerprint density at radius 2 is 1.88 bits per heavy atom. The van der Waals surface area contributed by atoms with E-state index in [1.165, 1.54) is 11.3 Å². The van der Waals surface area contributed by atoms with Crippen LogP contribution < -0.4 is 5.73 Å². The molecule has 2 N–H and O–H groups in total. The number of rotatable bonds is 2. The Bertz CT molecular complexity index is 397. The normalized spacial score (nSPS) is 16.1. The van der Waals surface area contributed by atoms with Crippen molar-refractivity contribution in [3.05, 3.63) is 22.4 Å². The molecule has 2 heterocycles. The summed E-state index contributed by atoms with van der Waals surface area (Å²) in [6, 6.07) is 3.69. The molecule has 0 unspecified atom stereocenters. The number of carbonyl (C=O) groups excluding carboxylic acids is 2. The third-order valence-electron chi connectivity index (χ3n) is 2.83. The molecule has 92 valence electrons. The van der Waals surface area contributed by atoms with Gasteiger partial charge >= 0.3 is 0 Å². The first-order chi connectivity index (χ1) is 8.22. The van der Waals surface area contributed by atoms with Gasteiger partial charge in [0.15, 0.2) is 0 Å². The number of thiophene rings is 1. The number of amides is 2. The molecule has 17 heavy (non-hydrogen) atoms. The van der Waals surface area contributed by atoms with E-state index in [-0.39, 0.29) is 18.4 Å². The average Bonchev–Trinajstić information content (AvgIpc) is 2.91. The van der Waals surface area contributed by atoms with Crippen LogP contribution in [0.2, 0.25) is 0 Å². The quantitative estimate of drug-likeness (QED) is 0.806. The van der Waals surface area contributed by atoms with Gasteiger partial charge < -0.3 is 15.5 Å². The van der Waals surface area contributed by atoms with E-state index >= 15 is 0 Å². The van der Waals surface area contributed by atoms with Crippen molar-refractivity contribution in [2.75, 3.05) is 32.7 Å². The second-order valence-corrected chi connectivity index (χ2v) is 4.80. The number of hydrogen-bond donors (Lipinski definition) is 1. The molecule has 0 bridgehead atoms. The summed E-state index contributed by atoms with van der Waals surface area (Å²) < 4.78 is 0. The minimum Gasteiger partial charge on any atom is -0.338 e. The van der Waals surface area contributed by atoms with E-state index < -0.39 is 0 Å². The summed E-state index contributed by atoms with van der Waals surface area (Å²) in [5.41, 5.74) is 5.30. The lowest BCUT2D eigenvalue weighted by molar-refractivity contribution is -0.131. The number of nitrogens with zero attached hydrogens (tertiary/aromatic N) is 2. The van der Waals surface area contributed by atoms with E-state index in [1.807, 2.05) is 17.5 Å². The van der Waals surface area contributed by atoms with E-state index in [0.717, 1.165) is 4.88 Å². The van der Waals surface area contributed by atoms with Gasteiger partial charge in [-0.15, -0.1) is 11.3 Å². The minimum atomic E-state index is -0.0479. The number of hydrogen-bond acceptors (Lipinski definition) is 4. The molecule has 6 heteroatoms. The third kappa shape index (κ3) is 2.65. The van der Waals surface area contributed by atoms with Crippen LogP contribution in [0.3, 0.4) is 0 Å². The van der Waals surface area contributed by atoms with Crippen molar-refractivity contribution in [3.8, 4) is 0 Å². The highest BCUT2D eigenvalue weighted by atomic mass is 32.1. The lowest BCUT2D eigenvalue weighted by atomic mass is 10.3. The molecule has 0 atom stereocenters. The Balaban J connectivity index is 1.91. The fourth-order valence-corrected chi connectivity index (χ4v) is 2.53. The Morgan fingerprint density at radius 3 is 2.41 bits per heavy atom. The van der Waals surface area contributed by atoms with Gasteiger partial charge in [-0.2, -0.15) is 0 Å². The van der Waals surface area contributed by atoms with E-state index in [0.29, 0.717) is 26.2 Å². The first kappa shape index (κ1) is 12.1. The van der Waals surface area contributed by atoms with Gasteiger partial charge in [-0.1, -0.05) is 6.07 Å². The molecule has 2 rings (SSSR count). The van der Waals surface area contributed by atoms with Crippen LogP contribution in [0, 0.1) is 0 Å². The zero-order valence-electron chi connectivity index (χ0n) is 9.46. The Morgan fingerprint density at radius 1 is 1.24 bits per heavy atom. The molecule has 1 fully saturated rings. The predicted molar refractivity (Wildman–Crippen MR) is 65.9 cm³/mol. The lowest BCUT2D eigenvalue weighted by Crippen LogP contribution is -2.51. The first-order valence-electron chi connectivity index (χ1n) is 5.53. The largest absolute Gasteiger partial charge is 0.338 e. The molecule has 0 radical (unpaired) electrons. The SMILES string of the molecule is NCC(=O)N1CCN(C(=O)c2cccs2)CC1. The van der Waals surface area contributed by atoms with Gasteiger partial charge in [-0.3, -0.25) is 9.59 Å². The molecular formula is C11H15N3O2S. The van der Waals surface area contributed by atoms with Gasteiger partial charge in [0.1, 0.15) is 0 Å². The van der Waals surface area contributed by atoms with Crippen molar-refractivity contribution in [1.29, 1.82) is 0 Å². The van der Waals surface area contributed by atoms with Gasteiger partial charge in [0.25, 0.3) is 5.91 Å². The van der Waals surface area contributed by atoms with Gasteiger partial charge in [0, 0.05) is 26.2 Å². The highest BCUT2D eigenvalue weighted by Gasteiger charge is 2.24. The van der Waals surface area contributed by atoms with Crippen molar-refractivity contribution in [2.24, 2.45) is 5.73 Å². The van der Waals surface area contributed by atoms with E-state index in [4.69, 9.17) is 5.73 Å². The lowest BCUT2D eigenvalue weighted by Gasteiger charge is -2.34. The highest BCUT2D eigenvalue weighted by Crippen LogP contribution is 2.13. The zero-order valence-corrected chi connectivity index (χ0v) is 10.3. The molecule has 0 aromatic carbocycles. The van der Waals surface area contributed by atoms with Gasteiger partial charge in [-0.05, 0) is 11.4 Å². The fraction of sp³-hybridized carbons (Fsp3) is 0.455. The van der Waals surface area contributed by atoms with Crippen LogP contribution in [-0.4, -0.2) is 54.3 Å². The van der Waals surface area contributed by atoms with Crippen LogP contribution in [0.15, 0.2) is 17.5 Å². The summed E-state index contributed by atoms with van der Waals surface area (Å²) in [5, 5.41) is 1.89. The third-order valence-corrected chi connectivity index (χ3v) is 3.68. The van der Waals surface area contributed by atoms with Gasteiger partial charge in [0.05, 0.1) is 11.4 Å². The topological polar surface area (TPSA) is 66.6 Å². The summed E-state index contributed by atoms with van der Waals surface area (Å²) in [6.45, 7) is 2.37. The number of piperazine rings is 1. The summed E-state index contributed by atoms with van der Waals surface area (Å²) in [4.78, 5) is 27.6. The maximum absolute atomic E-state index is 12.0. The van der Waals surface area contributed by atoms with Gasteiger partial charge in [-0.25, -0.2) is 0 Å². The molecule has 1 aromatic heterocycles. The van der Waals surface area contributed by atoms with E-state index in [2.05, 4.69) is 0 Å². The van der Waals surface area contributed by atoms with Gasteiger partial charge in [0.2, 0.25) is 5.91 Å². The predicted octanol–water partition coefficient (Wildman–Crippen LogP) is -0.00880. The van der Waals surface area contributed by atoms with Crippen LogP contribution in [0.5, 0.6) is 0 Å². The summed E-state index contributed by atoms with van der Waals surface area (Å²) >= 11 is 1.44. The van der Waals surface area contributed by atoms with Crippen LogP contribution in [0.1, 0.15) is 9.67 Å². The molecule has 1 aliphatic rings. The zero-order chi connectivity index (χ0) is 12.3. The second-order valence-electron chi connectivity index (χ2n) is 3.85. The van der Waals surface area contributed by atoms with E-state index in [9.17, 15) is 9.59 Å². The van der Waals surface area contributed by atoms with Crippen molar-refractivity contribution in [2.45, 2.75) is 0 Å². The molecule has 0 saturated carbocycles. The summed E-state index contributed by atoms with van der Waals surface area (Å²) in [5.74, 6) is 0.00747. The number of nitrogens with two attached hydrogens (primary N) is 1. The monoisotopic (exact) mass is 253 g/mol. The van der Waals surface area contributed by atoms with Crippen molar-refractivity contribution >= 4 is 23.2 Å². The van der Waals surface area contributed by atoms with Crippen molar-refractivity contribution < 1.29 is 9.59 Å². The summed E-state index contributed by atoms with van der Waals surface area (Å²) in [7, 11) is 0. The Kier molecular flexibility index (Phi) is 3.75. The first-order valence-corrected chi connectivity index (χ1v) is 6.41.